The molecule has 2 aromatic rings. The van der Waals surface area contributed by atoms with E-state index in [0.29, 0.717) is 6.54 Å². The van der Waals surface area contributed by atoms with Crippen LogP contribution in [0.5, 0.6) is 0 Å². The lowest BCUT2D eigenvalue weighted by Crippen LogP contribution is -2.20. The molecule has 0 fully saturated rings. The lowest BCUT2D eigenvalue weighted by molar-refractivity contribution is 0.530. The molecule has 0 radical (unpaired) electrons. The molecule has 0 aliphatic heterocycles. The molecule has 1 atom stereocenters. The molecule has 0 saturated carbocycles. The topological polar surface area (TPSA) is 29.9 Å². The van der Waals surface area contributed by atoms with Crippen molar-refractivity contribution in [3.8, 4) is 0 Å². The third-order valence-corrected chi connectivity index (χ3v) is 4.33. The van der Waals surface area contributed by atoms with Crippen molar-refractivity contribution in [2.45, 2.75) is 46.3 Å². The molecule has 0 spiro atoms. The SMILES string of the molecule is CCc1nn(CC)c(CN[C@H](C)c2ccc(Cl)cc2)c1Cl. The number of hydrogen-bond acceptors (Lipinski definition) is 2. The van der Waals surface area contributed by atoms with Gasteiger partial charge in [0.15, 0.2) is 0 Å². The Morgan fingerprint density at radius 3 is 2.43 bits per heavy atom. The Bertz CT molecular complexity index is 590. The molecular weight excluding hydrogens is 305 g/mol. The summed E-state index contributed by atoms with van der Waals surface area (Å²) in [6.07, 6.45) is 0.853. The fourth-order valence-corrected chi connectivity index (χ4v) is 2.77. The summed E-state index contributed by atoms with van der Waals surface area (Å²) in [4.78, 5) is 0. The zero-order chi connectivity index (χ0) is 15.4. The molecule has 1 N–H and O–H groups in total. The Kier molecular flexibility index (Phi) is 5.68. The second-order valence-corrected chi connectivity index (χ2v) is 5.85. The molecule has 0 unspecified atom stereocenters. The van der Waals surface area contributed by atoms with Crippen LogP contribution in [0.4, 0.5) is 0 Å². The minimum atomic E-state index is 0.226. The van der Waals surface area contributed by atoms with Gasteiger partial charge in [0, 0.05) is 24.2 Å². The average Bonchev–Trinajstić information content (AvgIpc) is 2.81. The third-order valence-electron chi connectivity index (χ3n) is 3.64. The minimum Gasteiger partial charge on any atom is -0.305 e. The number of hydrogen-bond donors (Lipinski definition) is 1. The zero-order valence-electron chi connectivity index (χ0n) is 12.7. The second-order valence-electron chi connectivity index (χ2n) is 5.03. The predicted octanol–water partition coefficient (Wildman–Crippen LogP) is 4.62. The maximum Gasteiger partial charge on any atom is 0.0863 e. The number of aryl methyl sites for hydroxylation is 2. The first-order valence-electron chi connectivity index (χ1n) is 7.29. The molecule has 0 saturated heterocycles. The van der Waals surface area contributed by atoms with Crippen LogP contribution in [-0.4, -0.2) is 9.78 Å². The van der Waals surface area contributed by atoms with Gasteiger partial charge in [-0.2, -0.15) is 5.10 Å². The maximum absolute atomic E-state index is 6.42. The molecule has 3 nitrogen and oxygen atoms in total. The summed E-state index contributed by atoms with van der Waals surface area (Å²) in [7, 11) is 0. The van der Waals surface area contributed by atoms with Gasteiger partial charge in [0.25, 0.3) is 0 Å². The van der Waals surface area contributed by atoms with Crippen molar-refractivity contribution >= 4 is 23.2 Å². The van der Waals surface area contributed by atoms with Crippen molar-refractivity contribution in [3.63, 3.8) is 0 Å². The molecule has 5 heteroatoms. The van der Waals surface area contributed by atoms with E-state index in [1.807, 2.05) is 28.9 Å². The number of rotatable bonds is 6. The van der Waals surface area contributed by atoms with E-state index in [1.165, 1.54) is 5.56 Å². The first-order valence-corrected chi connectivity index (χ1v) is 8.05. The minimum absolute atomic E-state index is 0.226. The van der Waals surface area contributed by atoms with Gasteiger partial charge in [-0.3, -0.25) is 4.68 Å². The molecule has 1 aromatic heterocycles. The highest BCUT2D eigenvalue weighted by Crippen LogP contribution is 2.23. The smallest absolute Gasteiger partial charge is 0.0863 e. The molecule has 21 heavy (non-hydrogen) atoms. The van der Waals surface area contributed by atoms with E-state index in [1.54, 1.807) is 0 Å². The van der Waals surface area contributed by atoms with E-state index in [4.69, 9.17) is 23.2 Å². The summed E-state index contributed by atoms with van der Waals surface area (Å²) in [5, 5.41) is 9.58. The van der Waals surface area contributed by atoms with Crippen LogP contribution >= 0.6 is 23.2 Å². The third kappa shape index (κ3) is 3.79. The van der Waals surface area contributed by atoms with E-state index in [0.717, 1.165) is 34.4 Å². The molecule has 1 aromatic carbocycles. The van der Waals surface area contributed by atoms with Gasteiger partial charge in [-0.05, 0) is 38.0 Å². The quantitative estimate of drug-likeness (QED) is 0.839. The normalized spacial score (nSPS) is 12.6. The fraction of sp³-hybridized carbons (Fsp3) is 0.438. The van der Waals surface area contributed by atoms with Crippen LogP contribution in [0.1, 0.15) is 43.8 Å². The highest BCUT2D eigenvalue weighted by molar-refractivity contribution is 6.32. The number of benzene rings is 1. The van der Waals surface area contributed by atoms with Crippen LogP contribution in [0.2, 0.25) is 10.0 Å². The first-order chi connectivity index (χ1) is 10.1. The molecule has 2 rings (SSSR count). The van der Waals surface area contributed by atoms with E-state index in [-0.39, 0.29) is 6.04 Å². The summed E-state index contributed by atoms with van der Waals surface area (Å²) < 4.78 is 1.97. The van der Waals surface area contributed by atoms with E-state index in [9.17, 15) is 0 Å². The van der Waals surface area contributed by atoms with Gasteiger partial charge in [0.2, 0.25) is 0 Å². The van der Waals surface area contributed by atoms with E-state index >= 15 is 0 Å². The van der Waals surface area contributed by atoms with Gasteiger partial charge in [-0.15, -0.1) is 0 Å². The number of nitrogens with one attached hydrogen (secondary N) is 1. The van der Waals surface area contributed by atoms with Gasteiger partial charge in [0.05, 0.1) is 16.4 Å². The van der Waals surface area contributed by atoms with Crippen molar-refractivity contribution in [3.05, 3.63) is 51.3 Å². The summed E-state index contributed by atoms with van der Waals surface area (Å²) in [6.45, 7) is 7.80. The summed E-state index contributed by atoms with van der Waals surface area (Å²) >= 11 is 12.3. The molecule has 0 amide bonds. The van der Waals surface area contributed by atoms with Crippen LogP contribution in [0, 0.1) is 0 Å². The number of aromatic nitrogens is 2. The number of nitrogens with zero attached hydrogens (tertiary/aromatic N) is 2. The molecule has 1 heterocycles. The van der Waals surface area contributed by atoms with Gasteiger partial charge < -0.3 is 5.32 Å². The highest BCUT2D eigenvalue weighted by atomic mass is 35.5. The lowest BCUT2D eigenvalue weighted by Gasteiger charge is -2.15. The van der Waals surface area contributed by atoms with Crippen LogP contribution < -0.4 is 5.32 Å². The lowest BCUT2D eigenvalue weighted by atomic mass is 10.1. The Balaban J connectivity index is 2.09. The van der Waals surface area contributed by atoms with Gasteiger partial charge in [-0.25, -0.2) is 0 Å². The number of halogens is 2. The maximum atomic E-state index is 6.42. The molecular formula is C16H21Cl2N3. The van der Waals surface area contributed by atoms with Crippen molar-refractivity contribution < 1.29 is 0 Å². The van der Waals surface area contributed by atoms with Crippen molar-refractivity contribution in [1.29, 1.82) is 0 Å². The monoisotopic (exact) mass is 325 g/mol. The average molecular weight is 326 g/mol. The Hall–Kier alpha value is -1.03. The van der Waals surface area contributed by atoms with Crippen LogP contribution in [0.25, 0.3) is 0 Å². The molecule has 0 aliphatic rings. The summed E-state index contributed by atoms with van der Waals surface area (Å²) in [5.41, 5.74) is 3.22. The largest absolute Gasteiger partial charge is 0.305 e. The van der Waals surface area contributed by atoms with Crippen LogP contribution in [0.15, 0.2) is 24.3 Å². The van der Waals surface area contributed by atoms with Gasteiger partial charge >= 0.3 is 0 Å². The second kappa shape index (κ2) is 7.30. The van der Waals surface area contributed by atoms with Crippen LogP contribution in [-0.2, 0) is 19.5 Å². The zero-order valence-corrected chi connectivity index (χ0v) is 14.2. The van der Waals surface area contributed by atoms with Gasteiger partial charge in [0.1, 0.15) is 0 Å². The Morgan fingerprint density at radius 1 is 1.19 bits per heavy atom. The van der Waals surface area contributed by atoms with E-state index in [2.05, 4.69) is 31.2 Å². The predicted molar refractivity (Wildman–Crippen MR) is 89.0 cm³/mol. The Morgan fingerprint density at radius 2 is 1.86 bits per heavy atom. The molecule has 0 bridgehead atoms. The van der Waals surface area contributed by atoms with Crippen molar-refractivity contribution in [2.24, 2.45) is 0 Å². The summed E-state index contributed by atoms with van der Waals surface area (Å²) in [5.74, 6) is 0. The van der Waals surface area contributed by atoms with Crippen LogP contribution in [0.3, 0.4) is 0 Å². The molecule has 0 aliphatic carbocycles. The van der Waals surface area contributed by atoms with Gasteiger partial charge in [-0.1, -0.05) is 42.3 Å². The van der Waals surface area contributed by atoms with E-state index < -0.39 is 0 Å². The van der Waals surface area contributed by atoms with Crippen molar-refractivity contribution in [1.82, 2.24) is 15.1 Å². The standard InChI is InChI=1S/C16H21Cl2N3/c1-4-14-16(18)15(21(5-2)20-14)10-19-11(3)12-6-8-13(17)9-7-12/h6-9,11,19H,4-5,10H2,1-3H3/t11-/m1/s1. The van der Waals surface area contributed by atoms with Crippen molar-refractivity contribution in [2.75, 3.05) is 0 Å². The fourth-order valence-electron chi connectivity index (χ4n) is 2.31. The molecule has 114 valence electrons. The Labute approximate surface area is 136 Å². The first kappa shape index (κ1) is 16.3. The highest BCUT2D eigenvalue weighted by Gasteiger charge is 2.15. The summed E-state index contributed by atoms with van der Waals surface area (Å²) in [6, 6.07) is 8.12.